The van der Waals surface area contributed by atoms with Crippen LogP contribution in [-0.4, -0.2) is 19.2 Å². The minimum atomic E-state index is 0.168. The zero-order chi connectivity index (χ0) is 12.8. The highest BCUT2D eigenvalue weighted by molar-refractivity contribution is 5.31. The number of benzene rings is 1. The van der Waals surface area contributed by atoms with E-state index in [-0.39, 0.29) is 6.10 Å². The monoisotopic (exact) mass is 243 g/mol. The summed E-state index contributed by atoms with van der Waals surface area (Å²) in [5.41, 5.74) is 2.74. The lowest BCUT2D eigenvalue weighted by Gasteiger charge is -2.27. The molecule has 1 N–H and O–H groups in total. The van der Waals surface area contributed by atoms with E-state index in [0.717, 1.165) is 32.4 Å². The maximum atomic E-state index is 5.86. The smallest absolute Gasteiger partial charge is 0.0952 e. The summed E-state index contributed by atoms with van der Waals surface area (Å²) in [5, 5.41) is 3.51. The molecular weight excluding hydrogens is 222 g/mol. The fraction of sp³-hybridized carbons (Fsp3) is 0.500. The average Bonchev–Trinajstić information content (AvgIpc) is 2.43. The topological polar surface area (TPSA) is 21.3 Å². The lowest BCUT2D eigenvalue weighted by atomic mass is 9.97. The van der Waals surface area contributed by atoms with Crippen LogP contribution in [0.5, 0.6) is 0 Å². The Kier molecular flexibility index (Phi) is 4.81. The minimum absolute atomic E-state index is 0.168. The zero-order valence-electron chi connectivity index (χ0n) is 11.0. The summed E-state index contributed by atoms with van der Waals surface area (Å²) in [4.78, 5) is 0. The second-order valence-corrected chi connectivity index (χ2v) is 4.73. The third kappa shape index (κ3) is 3.13. The minimum Gasteiger partial charge on any atom is -0.372 e. The fourth-order valence-electron chi connectivity index (χ4n) is 2.42. The Morgan fingerprint density at radius 1 is 1.50 bits per heavy atom. The summed E-state index contributed by atoms with van der Waals surface area (Å²) in [6, 6.07) is 8.95. The van der Waals surface area contributed by atoms with Gasteiger partial charge in [-0.05, 0) is 24.0 Å². The van der Waals surface area contributed by atoms with Gasteiger partial charge in [0.15, 0.2) is 0 Å². The Morgan fingerprint density at radius 3 is 3.11 bits per heavy atom. The molecule has 0 aromatic heterocycles. The molecule has 0 amide bonds. The van der Waals surface area contributed by atoms with Crippen LogP contribution >= 0.6 is 0 Å². The van der Waals surface area contributed by atoms with E-state index in [9.17, 15) is 0 Å². The Morgan fingerprint density at radius 2 is 2.33 bits per heavy atom. The molecule has 0 bridgehead atoms. The highest BCUT2D eigenvalue weighted by Crippen LogP contribution is 2.26. The predicted octanol–water partition coefficient (Wildman–Crippen LogP) is 2.69. The van der Waals surface area contributed by atoms with Gasteiger partial charge in [0.2, 0.25) is 0 Å². The van der Waals surface area contributed by atoms with Crippen molar-refractivity contribution >= 4 is 0 Å². The van der Waals surface area contributed by atoms with Gasteiger partial charge >= 0.3 is 0 Å². The van der Waals surface area contributed by atoms with Crippen molar-refractivity contribution in [2.75, 3.05) is 13.2 Å². The second-order valence-electron chi connectivity index (χ2n) is 4.73. The van der Waals surface area contributed by atoms with Gasteiger partial charge in [0, 0.05) is 19.0 Å². The summed E-state index contributed by atoms with van der Waals surface area (Å²) >= 11 is 0. The molecule has 0 spiro atoms. The maximum Gasteiger partial charge on any atom is 0.0952 e. The van der Waals surface area contributed by atoms with Gasteiger partial charge in [-0.2, -0.15) is 0 Å². The first-order chi connectivity index (χ1) is 8.85. The third-order valence-electron chi connectivity index (χ3n) is 3.54. The molecule has 0 saturated heterocycles. The van der Waals surface area contributed by atoms with Gasteiger partial charge < -0.3 is 10.1 Å². The highest BCUT2D eigenvalue weighted by Gasteiger charge is 2.20. The van der Waals surface area contributed by atoms with Crippen LogP contribution in [0.2, 0.25) is 0 Å². The Hall–Kier alpha value is -1.30. The molecule has 1 aromatic carbocycles. The molecule has 0 aliphatic carbocycles. The lowest BCUT2D eigenvalue weighted by Crippen LogP contribution is -2.34. The van der Waals surface area contributed by atoms with Crippen LogP contribution in [0.15, 0.2) is 24.3 Å². The van der Waals surface area contributed by atoms with E-state index < -0.39 is 0 Å². The van der Waals surface area contributed by atoms with Crippen LogP contribution in [0.25, 0.3) is 0 Å². The first-order valence-corrected chi connectivity index (χ1v) is 6.71. The first kappa shape index (κ1) is 13.1. The molecule has 0 saturated carbocycles. The van der Waals surface area contributed by atoms with Crippen LogP contribution < -0.4 is 5.32 Å². The summed E-state index contributed by atoms with van der Waals surface area (Å²) in [6.07, 6.45) is 8.40. The van der Waals surface area contributed by atoms with Crippen molar-refractivity contribution in [2.45, 2.75) is 38.3 Å². The molecular formula is C16H21NO. The summed E-state index contributed by atoms with van der Waals surface area (Å²) in [5.74, 6) is 2.72. The fourth-order valence-corrected chi connectivity index (χ4v) is 2.42. The third-order valence-corrected chi connectivity index (χ3v) is 3.54. The summed E-state index contributed by atoms with van der Waals surface area (Å²) in [6.45, 7) is 3.82. The van der Waals surface area contributed by atoms with Crippen LogP contribution in [0, 0.1) is 12.3 Å². The number of terminal acetylenes is 1. The van der Waals surface area contributed by atoms with Crippen LogP contribution in [0.3, 0.4) is 0 Å². The van der Waals surface area contributed by atoms with E-state index in [2.05, 4.69) is 42.4 Å². The molecule has 18 heavy (non-hydrogen) atoms. The van der Waals surface area contributed by atoms with E-state index in [4.69, 9.17) is 11.2 Å². The Bertz CT molecular complexity index is 421. The van der Waals surface area contributed by atoms with E-state index in [0.29, 0.717) is 6.04 Å². The van der Waals surface area contributed by atoms with Gasteiger partial charge in [0.25, 0.3) is 0 Å². The molecule has 1 aromatic rings. The van der Waals surface area contributed by atoms with Crippen LogP contribution in [-0.2, 0) is 11.2 Å². The molecule has 1 heterocycles. The molecule has 2 unspecified atom stereocenters. The summed E-state index contributed by atoms with van der Waals surface area (Å²) < 4.78 is 5.86. The number of rotatable bonds is 5. The number of hydrogen-bond acceptors (Lipinski definition) is 2. The Balaban J connectivity index is 1.97. The highest BCUT2D eigenvalue weighted by atomic mass is 16.5. The van der Waals surface area contributed by atoms with Crippen molar-refractivity contribution in [3.63, 3.8) is 0 Å². The predicted molar refractivity (Wildman–Crippen MR) is 74.4 cm³/mol. The van der Waals surface area contributed by atoms with Gasteiger partial charge in [0.05, 0.1) is 12.7 Å². The average molecular weight is 243 g/mol. The van der Waals surface area contributed by atoms with Gasteiger partial charge in [0.1, 0.15) is 0 Å². The van der Waals surface area contributed by atoms with Crippen molar-refractivity contribution in [2.24, 2.45) is 0 Å². The van der Waals surface area contributed by atoms with E-state index in [1.807, 2.05) is 0 Å². The molecule has 1 aliphatic heterocycles. The lowest BCUT2D eigenvalue weighted by molar-refractivity contribution is 0.0406. The molecule has 0 radical (unpaired) electrons. The van der Waals surface area contributed by atoms with E-state index >= 15 is 0 Å². The largest absolute Gasteiger partial charge is 0.372 e. The van der Waals surface area contributed by atoms with E-state index in [1.165, 1.54) is 11.1 Å². The van der Waals surface area contributed by atoms with Crippen molar-refractivity contribution in [3.05, 3.63) is 35.4 Å². The molecule has 2 nitrogen and oxygen atoms in total. The second kappa shape index (κ2) is 6.58. The maximum absolute atomic E-state index is 5.86. The molecule has 96 valence electrons. The number of hydrogen-bond donors (Lipinski definition) is 1. The molecule has 2 atom stereocenters. The van der Waals surface area contributed by atoms with Gasteiger partial charge in [-0.25, -0.2) is 0 Å². The van der Waals surface area contributed by atoms with Crippen molar-refractivity contribution < 1.29 is 4.74 Å². The standard InChI is InChI=1S/C16H21NO/c1-3-7-14(4-2)17-12-16-15-9-6-5-8-13(15)10-11-18-16/h1,5-6,8-9,14,16-17H,4,7,10-12H2,2H3. The molecule has 2 heteroatoms. The van der Waals surface area contributed by atoms with Crippen LogP contribution in [0.1, 0.15) is 37.0 Å². The molecule has 0 fully saturated rings. The molecule has 1 aliphatic rings. The quantitative estimate of drug-likeness (QED) is 0.803. The zero-order valence-corrected chi connectivity index (χ0v) is 11.0. The SMILES string of the molecule is C#CCC(CC)NCC1OCCc2ccccc21. The first-order valence-electron chi connectivity index (χ1n) is 6.71. The van der Waals surface area contributed by atoms with Crippen molar-refractivity contribution in [1.82, 2.24) is 5.32 Å². The normalized spacial score (nSPS) is 19.9. The number of ether oxygens (including phenoxy) is 1. The number of fused-ring (bicyclic) bond motifs is 1. The van der Waals surface area contributed by atoms with Crippen molar-refractivity contribution in [1.29, 1.82) is 0 Å². The van der Waals surface area contributed by atoms with E-state index in [1.54, 1.807) is 0 Å². The van der Waals surface area contributed by atoms with Gasteiger partial charge in [-0.15, -0.1) is 12.3 Å². The Labute approximate surface area is 110 Å². The molecule has 2 rings (SSSR count). The van der Waals surface area contributed by atoms with Gasteiger partial charge in [-0.3, -0.25) is 0 Å². The number of nitrogens with one attached hydrogen (secondary N) is 1. The van der Waals surface area contributed by atoms with Crippen LogP contribution in [0.4, 0.5) is 0 Å². The van der Waals surface area contributed by atoms with Crippen molar-refractivity contribution in [3.8, 4) is 12.3 Å². The summed E-state index contributed by atoms with van der Waals surface area (Å²) in [7, 11) is 0. The van der Waals surface area contributed by atoms with Gasteiger partial charge in [-0.1, -0.05) is 31.2 Å².